The van der Waals surface area contributed by atoms with Gasteiger partial charge in [0.15, 0.2) is 0 Å². The number of carbonyl (C=O) groups is 3. The second kappa shape index (κ2) is 19.6. The number of allylic oxidation sites excluding steroid dienone is 7. The number of amides is 2. The first kappa shape index (κ1) is 35.5. The molecule has 0 aromatic heterocycles. The second-order valence-electron chi connectivity index (χ2n) is 10.8. The number of cyclic esters (lactones) is 1. The highest BCUT2D eigenvalue weighted by Crippen LogP contribution is 2.21. The lowest BCUT2D eigenvalue weighted by Crippen LogP contribution is -2.32. The maximum absolute atomic E-state index is 12.6. The topological polar surface area (TPSA) is 139 Å². The predicted molar refractivity (Wildman–Crippen MR) is 163 cm³/mol. The van der Waals surface area contributed by atoms with E-state index in [1.165, 1.54) is 24.3 Å². The van der Waals surface area contributed by atoms with Crippen molar-refractivity contribution in [1.29, 1.82) is 0 Å². The van der Waals surface area contributed by atoms with Gasteiger partial charge >= 0.3 is 5.97 Å². The number of nitrogens with two attached hydrogens (primary N) is 1. The summed E-state index contributed by atoms with van der Waals surface area (Å²) >= 11 is 0. The fraction of sp³-hybridized carbons (Fsp3) is 0.485. The number of hydrogen-bond donors (Lipinski definition) is 4. The van der Waals surface area contributed by atoms with E-state index in [4.69, 9.17) is 10.5 Å². The summed E-state index contributed by atoms with van der Waals surface area (Å²) in [6, 6.07) is 0. The molecule has 0 fully saturated rings. The van der Waals surface area contributed by atoms with E-state index < -0.39 is 36.1 Å². The van der Waals surface area contributed by atoms with Crippen LogP contribution in [0.25, 0.3) is 0 Å². The molecule has 0 saturated heterocycles. The van der Waals surface area contributed by atoms with Crippen molar-refractivity contribution < 1.29 is 29.3 Å². The van der Waals surface area contributed by atoms with Crippen LogP contribution in [0.1, 0.15) is 73.1 Å². The van der Waals surface area contributed by atoms with Gasteiger partial charge in [0.2, 0.25) is 11.8 Å². The molecular formula is C33H48N2O6. The van der Waals surface area contributed by atoms with Crippen LogP contribution in [0.5, 0.6) is 0 Å². The van der Waals surface area contributed by atoms with Crippen LogP contribution in [0.15, 0.2) is 83.7 Å². The van der Waals surface area contributed by atoms with E-state index in [2.05, 4.69) is 5.32 Å². The third-order valence-corrected chi connectivity index (χ3v) is 6.49. The van der Waals surface area contributed by atoms with E-state index in [0.29, 0.717) is 38.5 Å². The Morgan fingerprint density at radius 3 is 2.54 bits per heavy atom. The lowest BCUT2D eigenvalue weighted by molar-refractivity contribution is -0.144. The summed E-state index contributed by atoms with van der Waals surface area (Å²) in [5.74, 6) is -2.09. The maximum Gasteiger partial charge on any atom is 0.330 e. The van der Waals surface area contributed by atoms with E-state index in [9.17, 15) is 24.6 Å². The van der Waals surface area contributed by atoms with E-state index in [1.54, 1.807) is 18.4 Å². The molecule has 5 N–H and O–H groups in total. The monoisotopic (exact) mass is 568 g/mol. The Morgan fingerprint density at radius 1 is 1.12 bits per heavy atom. The molecule has 8 heteroatoms. The molecule has 0 aliphatic carbocycles. The van der Waals surface area contributed by atoms with Crippen molar-refractivity contribution in [2.24, 2.45) is 17.6 Å². The molecule has 226 valence electrons. The predicted octanol–water partition coefficient (Wildman–Crippen LogP) is 4.87. The Balaban J connectivity index is 3.09. The van der Waals surface area contributed by atoms with Gasteiger partial charge in [-0.3, -0.25) is 9.59 Å². The number of ether oxygens (including phenoxy) is 1. The van der Waals surface area contributed by atoms with Gasteiger partial charge in [-0.05, 0) is 65.9 Å². The zero-order chi connectivity index (χ0) is 30.8. The van der Waals surface area contributed by atoms with Gasteiger partial charge in [0, 0.05) is 30.7 Å². The SMILES string of the molecule is CC(C)=CC(=O)N/C=C/C(C)=C/[C@@H](C)[C@H]1C/C(C)=C/C=C/CC[C@H](C(N)=O)[C@@H](O)/C=C/[C@@H](O)CCC/C=C/C(=O)O1. The molecule has 0 aromatic carbocycles. The lowest BCUT2D eigenvalue weighted by atomic mass is 9.94. The highest BCUT2D eigenvalue weighted by Gasteiger charge is 2.22. The van der Waals surface area contributed by atoms with Crippen LogP contribution in [-0.2, 0) is 19.1 Å². The molecule has 1 heterocycles. The lowest BCUT2D eigenvalue weighted by Gasteiger charge is -2.22. The van der Waals surface area contributed by atoms with Crippen LogP contribution in [-0.4, -0.2) is 46.3 Å². The van der Waals surface area contributed by atoms with Crippen molar-refractivity contribution in [1.82, 2.24) is 5.32 Å². The molecule has 0 spiro atoms. The van der Waals surface area contributed by atoms with Gasteiger partial charge in [0.25, 0.3) is 0 Å². The highest BCUT2D eigenvalue weighted by atomic mass is 16.5. The quantitative estimate of drug-likeness (QED) is 0.156. The van der Waals surface area contributed by atoms with Gasteiger partial charge in [-0.1, -0.05) is 66.2 Å². The standard InChI is InChI=1S/C33H48N2O6/c1-23(2)20-31(38)35-19-18-25(4)21-26(5)30-22-24(3)12-8-6-10-14-28(33(34)40)29(37)17-16-27(36)13-9-7-11-15-32(39)41-30/h6,8,11-12,15-21,26-30,36-37H,7,9-10,13-14,22H2,1-5H3,(H2,34,40)(H,35,38)/b8-6+,15-11+,17-16+,19-18+,24-12+,25-21+/t26-,27+,28+,29+,30-/m1/s1. The Hall–Kier alpha value is -3.49. The molecule has 5 atom stereocenters. The first-order valence-electron chi connectivity index (χ1n) is 14.2. The number of nitrogens with one attached hydrogen (secondary N) is 1. The van der Waals surface area contributed by atoms with Gasteiger partial charge in [-0.15, -0.1) is 0 Å². The summed E-state index contributed by atoms with van der Waals surface area (Å²) in [6.45, 7) is 9.56. The third-order valence-electron chi connectivity index (χ3n) is 6.49. The van der Waals surface area contributed by atoms with Crippen molar-refractivity contribution in [3.63, 3.8) is 0 Å². The fourth-order valence-electron chi connectivity index (χ4n) is 4.23. The average Bonchev–Trinajstić information content (AvgIpc) is 2.87. The number of aliphatic hydroxyl groups is 2. The summed E-state index contributed by atoms with van der Waals surface area (Å²) in [5, 5.41) is 23.3. The zero-order valence-corrected chi connectivity index (χ0v) is 25.1. The summed E-state index contributed by atoms with van der Waals surface area (Å²) in [4.78, 5) is 36.3. The third kappa shape index (κ3) is 16.4. The summed E-state index contributed by atoms with van der Waals surface area (Å²) in [5.41, 5.74) is 8.33. The Bertz CT molecular complexity index is 1080. The minimum absolute atomic E-state index is 0.115. The van der Waals surface area contributed by atoms with Crippen LogP contribution < -0.4 is 11.1 Å². The molecule has 8 nitrogen and oxygen atoms in total. The number of carbonyl (C=O) groups excluding carboxylic acids is 3. The molecule has 0 bridgehead atoms. The number of hydrogen-bond acceptors (Lipinski definition) is 6. The Labute approximate surface area is 245 Å². The van der Waals surface area contributed by atoms with Gasteiger partial charge in [0.1, 0.15) is 6.10 Å². The maximum atomic E-state index is 12.6. The van der Waals surface area contributed by atoms with Gasteiger partial charge in [-0.2, -0.15) is 0 Å². The van der Waals surface area contributed by atoms with Crippen molar-refractivity contribution in [2.75, 3.05) is 0 Å². The molecule has 0 aromatic rings. The summed E-state index contributed by atoms with van der Waals surface area (Å²) < 4.78 is 5.85. The van der Waals surface area contributed by atoms with Crippen molar-refractivity contribution in [3.05, 3.63) is 83.7 Å². The molecule has 0 saturated carbocycles. The Kier molecular flexibility index (Phi) is 17.0. The molecular weight excluding hydrogens is 520 g/mol. The number of rotatable bonds is 6. The van der Waals surface area contributed by atoms with Gasteiger partial charge in [-0.25, -0.2) is 4.79 Å². The van der Waals surface area contributed by atoms with Gasteiger partial charge < -0.3 is 26.0 Å². The zero-order valence-electron chi connectivity index (χ0n) is 25.1. The van der Waals surface area contributed by atoms with E-state index >= 15 is 0 Å². The largest absolute Gasteiger partial charge is 0.458 e. The fourth-order valence-corrected chi connectivity index (χ4v) is 4.23. The van der Waals surface area contributed by atoms with Crippen LogP contribution in [0, 0.1) is 11.8 Å². The van der Waals surface area contributed by atoms with Crippen molar-refractivity contribution in [3.8, 4) is 0 Å². The highest BCUT2D eigenvalue weighted by molar-refractivity contribution is 5.88. The summed E-state index contributed by atoms with van der Waals surface area (Å²) in [7, 11) is 0. The smallest absolute Gasteiger partial charge is 0.330 e. The number of primary amides is 1. The first-order valence-corrected chi connectivity index (χ1v) is 14.2. The van der Waals surface area contributed by atoms with E-state index in [1.807, 2.05) is 58.9 Å². The summed E-state index contributed by atoms with van der Waals surface area (Å²) in [6.07, 6.45) is 19.4. The molecule has 1 rings (SSSR count). The molecule has 1 aliphatic rings. The van der Waals surface area contributed by atoms with E-state index in [0.717, 1.165) is 16.7 Å². The second-order valence-corrected chi connectivity index (χ2v) is 10.8. The number of aliphatic hydroxyl groups excluding tert-OH is 2. The average molecular weight is 569 g/mol. The van der Waals surface area contributed by atoms with Crippen LogP contribution in [0.3, 0.4) is 0 Å². The Morgan fingerprint density at radius 2 is 1.85 bits per heavy atom. The first-order chi connectivity index (χ1) is 19.4. The van der Waals surface area contributed by atoms with Crippen molar-refractivity contribution in [2.45, 2.75) is 91.5 Å². The van der Waals surface area contributed by atoms with Crippen LogP contribution >= 0.6 is 0 Å². The van der Waals surface area contributed by atoms with Crippen LogP contribution in [0.2, 0.25) is 0 Å². The van der Waals surface area contributed by atoms with Crippen molar-refractivity contribution >= 4 is 17.8 Å². The van der Waals surface area contributed by atoms with Crippen LogP contribution in [0.4, 0.5) is 0 Å². The molecule has 1 aliphatic heterocycles. The molecule has 0 radical (unpaired) electrons. The normalized spacial score (nSPS) is 28.3. The molecule has 0 unspecified atom stereocenters. The minimum Gasteiger partial charge on any atom is -0.458 e. The molecule has 2 amide bonds. The van der Waals surface area contributed by atoms with E-state index in [-0.39, 0.29) is 11.8 Å². The van der Waals surface area contributed by atoms with Gasteiger partial charge in [0.05, 0.1) is 18.1 Å². The minimum atomic E-state index is -1.07. The number of esters is 1. The molecule has 41 heavy (non-hydrogen) atoms.